The highest BCUT2D eigenvalue weighted by atomic mass is 16.7. The second-order valence-corrected chi connectivity index (χ2v) is 11.7. The molecule has 3 heterocycles. The molecule has 0 saturated carbocycles. The van der Waals surface area contributed by atoms with Gasteiger partial charge in [-0.15, -0.1) is 0 Å². The molecule has 10 heteroatoms. The summed E-state index contributed by atoms with van der Waals surface area (Å²) in [4.78, 5) is 28.4. The molecular weight excluding hydrogens is 506 g/mol. The molecule has 0 amide bonds. The number of carbonyl (C=O) groups is 2. The van der Waals surface area contributed by atoms with Crippen molar-refractivity contribution in [3.05, 3.63) is 35.1 Å². The lowest BCUT2D eigenvalue weighted by Gasteiger charge is -2.39. The molecule has 4 aliphatic rings. The molecule has 5 rings (SSSR count). The Morgan fingerprint density at radius 2 is 1.87 bits per heavy atom. The monoisotopic (exact) mass is 545 g/mol. The average molecular weight is 546 g/mol. The highest BCUT2D eigenvalue weighted by Gasteiger charge is 2.59. The van der Waals surface area contributed by atoms with Crippen LogP contribution in [0.1, 0.15) is 69.4 Å². The predicted molar refractivity (Wildman–Crippen MR) is 139 cm³/mol. The van der Waals surface area contributed by atoms with Gasteiger partial charge in [0, 0.05) is 6.54 Å². The molecule has 1 saturated heterocycles. The number of benzene rings is 1. The third-order valence-corrected chi connectivity index (χ3v) is 8.62. The van der Waals surface area contributed by atoms with Crippen molar-refractivity contribution in [3.63, 3.8) is 0 Å². The minimum Gasteiger partial charge on any atom is -0.497 e. The van der Waals surface area contributed by atoms with Crippen LogP contribution in [0.2, 0.25) is 0 Å². The van der Waals surface area contributed by atoms with Crippen molar-refractivity contribution < 1.29 is 43.5 Å². The standard InChI is InChI=1S/C29H39NO9/c1-27(2,33)8-5-10-29(34,16-23(31)36-4)26(32)39-25-22(35-3)15-28-9-6-11-30(28)12-7-18-13-20-21(38-17-37-20)14-19(18)24(25)28/h13-15,24-25,33-34H,5-12,16-17H2,1-4H3/t24-,25+,28+,29?/m0/s1. The van der Waals surface area contributed by atoms with E-state index in [0.717, 1.165) is 43.5 Å². The SMILES string of the molecule is COC(=O)CC(O)(CCCC(C)(C)O)C(=O)O[C@@H]1C(OC)=C[C@@]23CCCN2CCc2cc4c(cc2[C@@H]13)OCO4. The Hall–Kier alpha value is -2.82. The lowest BCUT2D eigenvalue weighted by molar-refractivity contribution is -0.178. The van der Waals surface area contributed by atoms with Gasteiger partial charge in [0.1, 0.15) is 5.76 Å². The van der Waals surface area contributed by atoms with Crippen LogP contribution < -0.4 is 9.47 Å². The van der Waals surface area contributed by atoms with Gasteiger partial charge in [-0.1, -0.05) is 0 Å². The molecule has 10 nitrogen and oxygen atoms in total. The van der Waals surface area contributed by atoms with Gasteiger partial charge in [-0.05, 0) is 88.3 Å². The van der Waals surface area contributed by atoms with Crippen molar-refractivity contribution in [1.29, 1.82) is 0 Å². The minimum atomic E-state index is -2.12. The van der Waals surface area contributed by atoms with Crippen molar-refractivity contribution >= 4 is 11.9 Å². The van der Waals surface area contributed by atoms with E-state index in [0.29, 0.717) is 30.1 Å². The third-order valence-electron chi connectivity index (χ3n) is 8.62. The number of aliphatic hydroxyl groups is 2. The Morgan fingerprint density at radius 1 is 1.13 bits per heavy atom. The molecule has 3 aliphatic heterocycles. The van der Waals surface area contributed by atoms with Gasteiger partial charge in [0.2, 0.25) is 6.79 Å². The van der Waals surface area contributed by atoms with Crippen LogP contribution in [0, 0.1) is 0 Å². The second-order valence-electron chi connectivity index (χ2n) is 11.7. The molecule has 1 aromatic carbocycles. The first kappa shape index (κ1) is 27.7. The molecular formula is C29H39NO9. The maximum Gasteiger partial charge on any atom is 0.339 e. The number of methoxy groups -OCH3 is 2. The number of nitrogens with zero attached hydrogens (tertiary/aromatic N) is 1. The van der Waals surface area contributed by atoms with E-state index in [2.05, 4.69) is 11.0 Å². The van der Waals surface area contributed by atoms with E-state index < -0.39 is 41.2 Å². The minimum absolute atomic E-state index is 0.0686. The van der Waals surface area contributed by atoms with Crippen molar-refractivity contribution in [2.24, 2.45) is 0 Å². The zero-order valence-electron chi connectivity index (χ0n) is 23.2. The van der Waals surface area contributed by atoms with Crippen LogP contribution in [0.4, 0.5) is 0 Å². The third kappa shape index (κ3) is 5.10. The van der Waals surface area contributed by atoms with Gasteiger partial charge in [0.25, 0.3) is 0 Å². The average Bonchev–Trinajstić information content (AvgIpc) is 3.56. The van der Waals surface area contributed by atoms with Gasteiger partial charge in [-0.25, -0.2) is 4.79 Å². The van der Waals surface area contributed by atoms with E-state index in [9.17, 15) is 19.8 Å². The lowest BCUT2D eigenvalue weighted by Crippen LogP contribution is -2.49. The van der Waals surface area contributed by atoms with Crippen LogP contribution in [0.25, 0.3) is 0 Å². The maximum absolute atomic E-state index is 13.8. The summed E-state index contributed by atoms with van der Waals surface area (Å²) in [6.45, 7) is 5.21. The smallest absolute Gasteiger partial charge is 0.339 e. The quantitative estimate of drug-likeness (QED) is 0.448. The van der Waals surface area contributed by atoms with E-state index in [-0.39, 0.29) is 19.1 Å². The Kier molecular flexibility index (Phi) is 7.32. The number of hydrogen-bond acceptors (Lipinski definition) is 10. The van der Waals surface area contributed by atoms with Crippen LogP contribution in [0.15, 0.2) is 24.0 Å². The summed E-state index contributed by atoms with van der Waals surface area (Å²) >= 11 is 0. The zero-order chi connectivity index (χ0) is 28.0. The summed E-state index contributed by atoms with van der Waals surface area (Å²) in [5.74, 6) is -0.0645. The van der Waals surface area contributed by atoms with Gasteiger partial charge in [-0.2, -0.15) is 0 Å². The van der Waals surface area contributed by atoms with Gasteiger partial charge < -0.3 is 33.9 Å². The molecule has 214 valence electrons. The number of hydrogen-bond donors (Lipinski definition) is 2. The van der Waals surface area contributed by atoms with E-state index in [1.807, 2.05) is 12.1 Å². The second kappa shape index (κ2) is 10.3. The first-order valence-corrected chi connectivity index (χ1v) is 13.7. The number of rotatable bonds is 9. The summed E-state index contributed by atoms with van der Waals surface area (Å²) in [5, 5.41) is 21.6. The van der Waals surface area contributed by atoms with Gasteiger partial charge >= 0.3 is 11.9 Å². The fourth-order valence-corrected chi connectivity index (χ4v) is 6.71. The van der Waals surface area contributed by atoms with Crippen LogP contribution in [-0.2, 0) is 30.2 Å². The van der Waals surface area contributed by atoms with Gasteiger partial charge in [-0.3, -0.25) is 9.69 Å². The topological polar surface area (TPSA) is 124 Å². The number of esters is 2. The van der Waals surface area contributed by atoms with E-state index in [4.69, 9.17) is 23.7 Å². The summed E-state index contributed by atoms with van der Waals surface area (Å²) in [6.07, 6.45) is 3.94. The Bertz CT molecular complexity index is 1160. The summed E-state index contributed by atoms with van der Waals surface area (Å²) in [5.41, 5.74) is -1.42. The van der Waals surface area contributed by atoms with Crippen molar-refractivity contribution in [3.8, 4) is 11.5 Å². The molecule has 1 aliphatic carbocycles. The molecule has 39 heavy (non-hydrogen) atoms. The number of ether oxygens (including phenoxy) is 5. The lowest BCUT2D eigenvalue weighted by atomic mass is 9.77. The number of fused-ring (bicyclic) bond motifs is 3. The zero-order valence-corrected chi connectivity index (χ0v) is 23.2. The van der Waals surface area contributed by atoms with E-state index in [1.165, 1.54) is 7.11 Å². The summed E-state index contributed by atoms with van der Waals surface area (Å²) < 4.78 is 28.1. The van der Waals surface area contributed by atoms with Crippen molar-refractivity contribution in [1.82, 2.24) is 4.90 Å². The first-order valence-electron chi connectivity index (χ1n) is 13.7. The molecule has 1 unspecified atom stereocenters. The van der Waals surface area contributed by atoms with Crippen molar-refractivity contribution in [2.45, 2.75) is 87.6 Å². The van der Waals surface area contributed by atoms with Crippen LogP contribution in [-0.4, -0.2) is 84.0 Å². The predicted octanol–water partition coefficient (Wildman–Crippen LogP) is 2.58. The van der Waals surface area contributed by atoms with Gasteiger partial charge in [0.15, 0.2) is 23.2 Å². The van der Waals surface area contributed by atoms with Crippen LogP contribution >= 0.6 is 0 Å². The Morgan fingerprint density at radius 3 is 2.56 bits per heavy atom. The van der Waals surface area contributed by atoms with Crippen LogP contribution in [0.5, 0.6) is 11.5 Å². The Labute approximate surface area is 228 Å². The van der Waals surface area contributed by atoms with Crippen molar-refractivity contribution in [2.75, 3.05) is 34.1 Å². The normalized spacial score (nSPS) is 27.0. The molecule has 0 radical (unpaired) electrons. The highest BCUT2D eigenvalue weighted by molar-refractivity contribution is 5.86. The van der Waals surface area contributed by atoms with Gasteiger partial charge in [0.05, 0.1) is 37.7 Å². The first-order chi connectivity index (χ1) is 18.5. The molecule has 1 spiro atoms. The fraction of sp³-hybridized carbons (Fsp3) is 0.655. The number of carbonyl (C=O) groups excluding carboxylic acids is 2. The summed E-state index contributed by atoms with van der Waals surface area (Å²) in [6, 6.07) is 4.00. The molecule has 0 bridgehead atoms. The molecule has 1 aromatic rings. The fourth-order valence-electron chi connectivity index (χ4n) is 6.71. The molecule has 2 N–H and O–H groups in total. The van der Waals surface area contributed by atoms with E-state index >= 15 is 0 Å². The van der Waals surface area contributed by atoms with Crippen LogP contribution in [0.3, 0.4) is 0 Å². The maximum atomic E-state index is 13.8. The van der Waals surface area contributed by atoms with E-state index in [1.54, 1.807) is 21.0 Å². The molecule has 4 atom stereocenters. The highest BCUT2D eigenvalue weighted by Crippen LogP contribution is 2.55. The largest absolute Gasteiger partial charge is 0.497 e. The molecule has 0 aromatic heterocycles. The summed E-state index contributed by atoms with van der Waals surface area (Å²) in [7, 11) is 2.76. The Balaban J connectivity index is 1.50. The molecule has 1 fully saturated rings.